The molecule has 4 rings (SSSR count). The predicted octanol–water partition coefficient (Wildman–Crippen LogP) is 4.86. The van der Waals surface area contributed by atoms with Gasteiger partial charge in [0.2, 0.25) is 0 Å². The van der Waals surface area contributed by atoms with Crippen molar-refractivity contribution in [1.82, 2.24) is 10.1 Å². The number of ether oxygens (including phenoxy) is 1. The van der Waals surface area contributed by atoms with Gasteiger partial charge in [-0.25, -0.2) is 9.78 Å². The number of furan rings is 1. The molecule has 0 saturated heterocycles. The van der Waals surface area contributed by atoms with E-state index in [4.69, 9.17) is 25.3 Å². The fourth-order valence-corrected chi connectivity index (χ4v) is 3.42. The number of rotatable bonds is 5. The molecule has 0 atom stereocenters. The summed E-state index contributed by atoms with van der Waals surface area (Å²) in [6.07, 6.45) is 0. The Morgan fingerprint density at radius 1 is 1.16 bits per heavy atom. The number of hydrogen-bond donors (Lipinski definition) is 1. The van der Waals surface area contributed by atoms with Gasteiger partial charge >= 0.3 is 5.97 Å². The number of nitrogens with zero attached hydrogens (tertiary/aromatic N) is 2. The lowest BCUT2D eigenvalue weighted by molar-refractivity contribution is -0.119. The third-order valence-corrected chi connectivity index (χ3v) is 4.97. The minimum absolute atomic E-state index is 0.195. The molecule has 4 aromatic rings. The molecule has 0 fully saturated rings. The molecule has 0 aliphatic carbocycles. The smallest absolute Gasteiger partial charge is 0.339 e. The summed E-state index contributed by atoms with van der Waals surface area (Å²) in [6, 6.07) is 10.2. The lowest BCUT2D eigenvalue weighted by atomic mass is 10.1. The van der Waals surface area contributed by atoms with Crippen molar-refractivity contribution in [2.45, 2.75) is 20.8 Å². The van der Waals surface area contributed by atoms with Crippen LogP contribution in [0, 0.1) is 20.8 Å². The Labute approximate surface area is 182 Å². The summed E-state index contributed by atoms with van der Waals surface area (Å²) in [5, 5.41) is 7.32. The number of anilines is 1. The van der Waals surface area contributed by atoms with E-state index in [-0.39, 0.29) is 11.3 Å². The standard InChI is InChI=1S/C22H18ClN3O5/c1-11-8-14(13(3)30-11)18-9-15(20-12(2)26-31-21(20)25-18)22(28)29-10-19(27)24-17-7-5-4-6-16(17)23/h4-9H,10H2,1-3H3,(H,24,27). The molecule has 0 spiro atoms. The van der Waals surface area contributed by atoms with Gasteiger partial charge in [0.15, 0.2) is 6.61 Å². The molecule has 1 amide bonds. The van der Waals surface area contributed by atoms with Gasteiger partial charge in [-0.1, -0.05) is 28.9 Å². The molecule has 1 N–H and O–H groups in total. The van der Waals surface area contributed by atoms with E-state index in [0.717, 1.165) is 5.56 Å². The van der Waals surface area contributed by atoms with Crippen LogP contribution in [0.4, 0.5) is 5.69 Å². The van der Waals surface area contributed by atoms with Gasteiger partial charge in [-0.05, 0) is 45.0 Å². The van der Waals surface area contributed by atoms with Crippen molar-refractivity contribution in [1.29, 1.82) is 0 Å². The first kappa shape index (κ1) is 20.6. The molecule has 3 aromatic heterocycles. The normalized spacial score (nSPS) is 11.0. The Balaban J connectivity index is 1.60. The van der Waals surface area contributed by atoms with Gasteiger partial charge in [-0.2, -0.15) is 0 Å². The van der Waals surface area contributed by atoms with E-state index < -0.39 is 18.5 Å². The maximum atomic E-state index is 12.9. The highest BCUT2D eigenvalue weighted by molar-refractivity contribution is 6.33. The first-order valence-electron chi connectivity index (χ1n) is 9.39. The second-order valence-corrected chi connectivity index (χ2v) is 7.34. The number of aryl methyl sites for hydroxylation is 3. The average molecular weight is 440 g/mol. The van der Waals surface area contributed by atoms with Crippen LogP contribution in [-0.2, 0) is 9.53 Å². The van der Waals surface area contributed by atoms with Gasteiger partial charge in [0.05, 0.1) is 33.0 Å². The topological polar surface area (TPSA) is 107 Å². The molecule has 158 valence electrons. The van der Waals surface area contributed by atoms with Crippen molar-refractivity contribution in [3.63, 3.8) is 0 Å². The molecular weight excluding hydrogens is 422 g/mol. The second-order valence-electron chi connectivity index (χ2n) is 6.93. The minimum atomic E-state index is -0.702. The van der Waals surface area contributed by atoms with Crippen LogP contribution in [0.25, 0.3) is 22.4 Å². The quantitative estimate of drug-likeness (QED) is 0.442. The number of esters is 1. The summed E-state index contributed by atoms with van der Waals surface area (Å²) in [4.78, 5) is 29.5. The highest BCUT2D eigenvalue weighted by Crippen LogP contribution is 2.30. The van der Waals surface area contributed by atoms with E-state index in [0.29, 0.717) is 39.0 Å². The van der Waals surface area contributed by atoms with Crippen LogP contribution in [-0.4, -0.2) is 28.6 Å². The fourth-order valence-electron chi connectivity index (χ4n) is 3.24. The number of carbonyl (C=O) groups excluding carboxylic acids is 2. The Morgan fingerprint density at radius 2 is 1.94 bits per heavy atom. The lowest BCUT2D eigenvalue weighted by Crippen LogP contribution is -2.21. The van der Waals surface area contributed by atoms with E-state index in [2.05, 4.69) is 15.5 Å². The molecule has 9 heteroatoms. The molecule has 1 aromatic carbocycles. The zero-order chi connectivity index (χ0) is 22.1. The molecule has 8 nitrogen and oxygen atoms in total. The largest absolute Gasteiger partial charge is 0.466 e. The van der Waals surface area contributed by atoms with Crippen LogP contribution in [0.2, 0.25) is 5.02 Å². The summed E-state index contributed by atoms with van der Waals surface area (Å²) >= 11 is 6.03. The van der Waals surface area contributed by atoms with Crippen molar-refractivity contribution in [2.75, 3.05) is 11.9 Å². The van der Waals surface area contributed by atoms with Gasteiger partial charge in [-0.3, -0.25) is 4.79 Å². The first-order chi connectivity index (χ1) is 14.8. The van der Waals surface area contributed by atoms with Crippen LogP contribution in [0.15, 0.2) is 45.3 Å². The maximum absolute atomic E-state index is 12.9. The molecule has 31 heavy (non-hydrogen) atoms. The van der Waals surface area contributed by atoms with Crippen molar-refractivity contribution in [3.8, 4) is 11.3 Å². The summed E-state index contributed by atoms with van der Waals surface area (Å²) in [6.45, 7) is 4.83. The minimum Gasteiger partial charge on any atom is -0.466 e. The van der Waals surface area contributed by atoms with Crippen molar-refractivity contribution < 1.29 is 23.3 Å². The Bertz CT molecular complexity index is 1310. The zero-order valence-electron chi connectivity index (χ0n) is 17.0. The lowest BCUT2D eigenvalue weighted by Gasteiger charge is -2.09. The van der Waals surface area contributed by atoms with Crippen molar-refractivity contribution in [2.24, 2.45) is 0 Å². The van der Waals surface area contributed by atoms with E-state index in [1.54, 1.807) is 44.2 Å². The van der Waals surface area contributed by atoms with Crippen LogP contribution in [0.3, 0.4) is 0 Å². The van der Waals surface area contributed by atoms with Crippen molar-refractivity contribution >= 4 is 40.3 Å². The molecule has 0 aliphatic rings. The van der Waals surface area contributed by atoms with Gasteiger partial charge in [0.25, 0.3) is 11.6 Å². The van der Waals surface area contributed by atoms with Crippen LogP contribution in [0.5, 0.6) is 0 Å². The number of pyridine rings is 1. The first-order valence-corrected chi connectivity index (χ1v) is 9.77. The van der Waals surface area contributed by atoms with E-state index in [9.17, 15) is 9.59 Å². The molecule has 0 aliphatic heterocycles. The summed E-state index contributed by atoms with van der Waals surface area (Å²) in [7, 11) is 0. The Morgan fingerprint density at radius 3 is 2.65 bits per heavy atom. The van der Waals surface area contributed by atoms with Crippen LogP contribution < -0.4 is 5.32 Å². The summed E-state index contributed by atoms with van der Waals surface area (Å²) in [5.74, 6) is 0.144. The molecule has 0 saturated carbocycles. The number of benzene rings is 1. The SMILES string of the molecule is Cc1cc(-c2cc(C(=O)OCC(=O)Nc3ccccc3Cl)c3c(C)noc3n2)c(C)o1. The molecule has 0 bridgehead atoms. The molecule has 0 unspecified atom stereocenters. The predicted molar refractivity (Wildman–Crippen MR) is 114 cm³/mol. The van der Waals surface area contributed by atoms with Gasteiger partial charge in [0.1, 0.15) is 11.5 Å². The highest BCUT2D eigenvalue weighted by atomic mass is 35.5. The molecular formula is C22H18ClN3O5. The van der Waals surface area contributed by atoms with E-state index in [1.807, 2.05) is 13.0 Å². The van der Waals surface area contributed by atoms with Gasteiger partial charge in [0, 0.05) is 5.56 Å². The third kappa shape index (κ3) is 4.15. The second kappa shape index (κ2) is 8.23. The number of amides is 1. The number of nitrogens with one attached hydrogen (secondary N) is 1. The van der Waals surface area contributed by atoms with Gasteiger partial charge in [-0.15, -0.1) is 0 Å². The van der Waals surface area contributed by atoms with Crippen LogP contribution >= 0.6 is 11.6 Å². The zero-order valence-corrected chi connectivity index (χ0v) is 17.7. The fraction of sp³-hybridized carbons (Fsp3) is 0.182. The summed E-state index contributed by atoms with van der Waals surface area (Å²) in [5.41, 5.74) is 2.51. The number of halogens is 1. The average Bonchev–Trinajstić information content (AvgIpc) is 3.28. The number of fused-ring (bicyclic) bond motifs is 1. The molecule has 0 radical (unpaired) electrons. The maximum Gasteiger partial charge on any atom is 0.339 e. The summed E-state index contributed by atoms with van der Waals surface area (Å²) < 4.78 is 16.1. The van der Waals surface area contributed by atoms with E-state index in [1.165, 1.54) is 0 Å². The number of hydrogen-bond acceptors (Lipinski definition) is 7. The third-order valence-electron chi connectivity index (χ3n) is 4.64. The van der Waals surface area contributed by atoms with Gasteiger partial charge < -0.3 is 19.0 Å². The molecule has 3 heterocycles. The van der Waals surface area contributed by atoms with Crippen LogP contribution in [0.1, 0.15) is 27.6 Å². The highest BCUT2D eigenvalue weighted by Gasteiger charge is 2.22. The Hall–Kier alpha value is -3.65. The number of carbonyl (C=O) groups is 2. The monoisotopic (exact) mass is 439 g/mol. The Kier molecular flexibility index (Phi) is 5.48. The van der Waals surface area contributed by atoms with E-state index >= 15 is 0 Å². The van der Waals surface area contributed by atoms with Crippen molar-refractivity contribution in [3.05, 3.63) is 64.2 Å². The number of para-hydroxylation sites is 1. The number of aromatic nitrogens is 2.